The summed E-state index contributed by atoms with van der Waals surface area (Å²) in [5, 5.41) is 22.8. The lowest BCUT2D eigenvalue weighted by Gasteiger charge is -1.94. The Balaban J connectivity index is 2.26. The van der Waals surface area contributed by atoms with Crippen molar-refractivity contribution < 1.29 is 9.45 Å². The van der Waals surface area contributed by atoms with Crippen molar-refractivity contribution in [1.82, 2.24) is 10.1 Å². The molecule has 1 aromatic heterocycles. The minimum atomic E-state index is -0.486. The van der Waals surface area contributed by atoms with Crippen molar-refractivity contribution in [2.45, 2.75) is 12.8 Å². The fraction of sp³-hybridized carbons (Fsp3) is 0.182. The van der Waals surface area contributed by atoms with Gasteiger partial charge in [0, 0.05) is 30.5 Å². The van der Waals surface area contributed by atoms with Gasteiger partial charge < -0.3 is 4.52 Å². The van der Waals surface area contributed by atoms with Gasteiger partial charge in [-0.25, -0.2) is 0 Å². The summed E-state index contributed by atoms with van der Waals surface area (Å²) in [6.07, 6.45) is 0.662. The van der Waals surface area contributed by atoms with Crippen LogP contribution in [0.5, 0.6) is 0 Å². The largest absolute Gasteiger partial charge is 0.339 e. The first-order valence-electron chi connectivity index (χ1n) is 5.15. The molecular weight excluding hydrogens is 236 g/mol. The third-order valence-corrected chi connectivity index (χ3v) is 2.23. The topological polar surface area (TPSA) is 106 Å². The summed E-state index contributed by atoms with van der Waals surface area (Å²) in [6.45, 7) is 0. The molecule has 0 amide bonds. The van der Waals surface area contributed by atoms with Crippen LogP contribution in [-0.4, -0.2) is 15.1 Å². The second kappa shape index (κ2) is 5.05. The summed E-state index contributed by atoms with van der Waals surface area (Å²) in [6, 6.07) is 7.95. The zero-order chi connectivity index (χ0) is 13.0. The normalized spacial score (nSPS) is 9.94. The summed E-state index contributed by atoms with van der Waals surface area (Å²) >= 11 is 0. The molecule has 7 nitrogen and oxygen atoms in total. The molecule has 7 heteroatoms. The molecule has 2 rings (SSSR count). The van der Waals surface area contributed by atoms with Crippen LogP contribution in [0.4, 0.5) is 5.69 Å². The minimum Gasteiger partial charge on any atom is -0.339 e. The van der Waals surface area contributed by atoms with Gasteiger partial charge in [-0.1, -0.05) is 17.3 Å². The van der Waals surface area contributed by atoms with Crippen molar-refractivity contribution in [1.29, 1.82) is 5.26 Å². The number of nitro benzene ring substituents is 1. The van der Waals surface area contributed by atoms with E-state index in [9.17, 15) is 10.1 Å². The Kier molecular flexibility index (Phi) is 3.29. The van der Waals surface area contributed by atoms with Gasteiger partial charge in [-0.3, -0.25) is 10.1 Å². The van der Waals surface area contributed by atoms with E-state index in [0.29, 0.717) is 17.9 Å². The van der Waals surface area contributed by atoms with Crippen LogP contribution in [0.1, 0.15) is 12.3 Å². The summed E-state index contributed by atoms with van der Waals surface area (Å²) in [4.78, 5) is 14.2. The van der Waals surface area contributed by atoms with Crippen LogP contribution < -0.4 is 0 Å². The van der Waals surface area contributed by atoms with Gasteiger partial charge in [0.2, 0.25) is 11.7 Å². The van der Waals surface area contributed by atoms with Crippen LogP contribution in [0.3, 0.4) is 0 Å². The number of nitrogens with zero attached hydrogens (tertiary/aromatic N) is 4. The van der Waals surface area contributed by atoms with Crippen LogP contribution in [0.25, 0.3) is 11.4 Å². The predicted octanol–water partition coefficient (Wildman–Crippen LogP) is 2.10. The van der Waals surface area contributed by atoms with Gasteiger partial charge in [0.1, 0.15) is 0 Å². The molecule has 0 aliphatic heterocycles. The summed E-state index contributed by atoms with van der Waals surface area (Å²) < 4.78 is 4.94. The van der Waals surface area contributed by atoms with Crippen LogP contribution in [0, 0.1) is 21.4 Å². The summed E-state index contributed by atoms with van der Waals surface area (Å²) in [5.74, 6) is 0.629. The third kappa shape index (κ3) is 2.49. The molecule has 0 radical (unpaired) electrons. The number of nitriles is 1. The van der Waals surface area contributed by atoms with E-state index in [1.165, 1.54) is 12.1 Å². The molecule has 90 valence electrons. The number of non-ortho nitro benzene ring substituents is 1. The van der Waals surface area contributed by atoms with E-state index >= 15 is 0 Å². The van der Waals surface area contributed by atoms with E-state index in [1.807, 2.05) is 6.07 Å². The number of aryl methyl sites for hydroxylation is 1. The fourth-order valence-corrected chi connectivity index (χ4v) is 1.40. The molecule has 0 bridgehead atoms. The van der Waals surface area contributed by atoms with Crippen LogP contribution >= 0.6 is 0 Å². The molecule has 0 saturated carbocycles. The molecule has 0 atom stereocenters. The van der Waals surface area contributed by atoms with E-state index < -0.39 is 4.92 Å². The number of benzene rings is 1. The predicted molar refractivity (Wildman–Crippen MR) is 60.3 cm³/mol. The number of rotatable bonds is 4. The highest BCUT2D eigenvalue weighted by Crippen LogP contribution is 2.21. The van der Waals surface area contributed by atoms with Crippen LogP contribution in [0.2, 0.25) is 0 Å². The number of nitro groups is 1. The molecule has 1 aromatic carbocycles. The number of aromatic nitrogens is 2. The Morgan fingerprint density at radius 3 is 3.06 bits per heavy atom. The highest BCUT2D eigenvalue weighted by atomic mass is 16.6. The lowest BCUT2D eigenvalue weighted by Crippen LogP contribution is -1.89. The minimum absolute atomic E-state index is 0.0316. The average molecular weight is 244 g/mol. The first-order valence-corrected chi connectivity index (χ1v) is 5.15. The summed E-state index contributed by atoms with van der Waals surface area (Å²) in [5.41, 5.74) is 0.479. The van der Waals surface area contributed by atoms with E-state index in [1.54, 1.807) is 12.1 Å². The van der Waals surface area contributed by atoms with Crippen molar-refractivity contribution in [3.8, 4) is 17.5 Å². The van der Waals surface area contributed by atoms with E-state index in [4.69, 9.17) is 9.78 Å². The van der Waals surface area contributed by atoms with E-state index in [-0.39, 0.29) is 17.9 Å². The third-order valence-electron chi connectivity index (χ3n) is 2.23. The van der Waals surface area contributed by atoms with Gasteiger partial charge in [0.25, 0.3) is 5.69 Å². The molecule has 0 aliphatic carbocycles. The van der Waals surface area contributed by atoms with E-state index in [2.05, 4.69) is 10.1 Å². The monoisotopic (exact) mass is 244 g/mol. The maximum atomic E-state index is 10.6. The molecule has 1 heterocycles. The van der Waals surface area contributed by atoms with Crippen molar-refractivity contribution in [3.63, 3.8) is 0 Å². The van der Waals surface area contributed by atoms with Crippen molar-refractivity contribution in [2.24, 2.45) is 0 Å². The first-order chi connectivity index (χ1) is 8.70. The van der Waals surface area contributed by atoms with Gasteiger partial charge in [-0.05, 0) is 0 Å². The smallest absolute Gasteiger partial charge is 0.270 e. The Bertz CT molecular complexity index is 615. The SMILES string of the molecule is N#CCCc1nc(-c2cccc([N+](=O)[O-])c2)no1. The second-order valence-corrected chi connectivity index (χ2v) is 3.48. The molecule has 2 aromatic rings. The van der Waals surface area contributed by atoms with Crippen molar-refractivity contribution >= 4 is 5.69 Å². The Morgan fingerprint density at radius 2 is 2.33 bits per heavy atom. The van der Waals surface area contributed by atoms with Gasteiger partial charge in [-0.15, -0.1) is 0 Å². The van der Waals surface area contributed by atoms with Gasteiger partial charge in [-0.2, -0.15) is 10.2 Å². The Morgan fingerprint density at radius 1 is 1.50 bits per heavy atom. The molecule has 0 fully saturated rings. The van der Waals surface area contributed by atoms with Crippen molar-refractivity contribution in [3.05, 3.63) is 40.3 Å². The van der Waals surface area contributed by atoms with Gasteiger partial charge in [0.15, 0.2) is 0 Å². The highest BCUT2D eigenvalue weighted by Gasteiger charge is 2.12. The maximum absolute atomic E-state index is 10.6. The highest BCUT2D eigenvalue weighted by molar-refractivity contribution is 5.58. The van der Waals surface area contributed by atoms with E-state index in [0.717, 1.165) is 0 Å². The average Bonchev–Trinajstić information content (AvgIpc) is 2.85. The lowest BCUT2D eigenvalue weighted by molar-refractivity contribution is -0.384. The summed E-state index contributed by atoms with van der Waals surface area (Å²) in [7, 11) is 0. The zero-order valence-electron chi connectivity index (χ0n) is 9.24. The van der Waals surface area contributed by atoms with Crippen LogP contribution in [-0.2, 0) is 6.42 Å². The number of hydrogen-bond donors (Lipinski definition) is 0. The first kappa shape index (κ1) is 11.7. The van der Waals surface area contributed by atoms with Gasteiger partial charge >= 0.3 is 0 Å². The molecule has 0 aliphatic rings. The molecule has 18 heavy (non-hydrogen) atoms. The lowest BCUT2D eigenvalue weighted by atomic mass is 10.2. The van der Waals surface area contributed by atoms with Gasteiger partial charge in [0.05, 0.1) is 11.0 Å². The Hall–Kier alpha value is -2.75. The molecule has 0 spiro atoms. The van der Waals surface area contributed by atoms with Crippen molar-refractivity contribution in [2.75, 3.05) is 0 Å². The molecule has 0 saturated heterocycles. The zero-order valence-corrected chi connectivity index (χ0v) is 9.24. The molecular formula is C11H8N4O3. The molecule has 0 N–H and O–H groups in total. The molecule has 0 unspecified atom stereocenters. The fourth-order valence-electron chi connectivity index (χ4n) is 1.40. The Labute approximate surface area is 102 Å². The standard InChI is InChI=1S/C11H8N4O3/c12-6-2-5-10-13-11(14-18-10)8-3-1-4-9(7-8)15(16)17/h1,3-4,7H,2,5H2. The second-order valence-electron chi connectivity index (χ2n) is 3.48. The number of hydrogen-bond acceptors (Lipinski definition) is 6. The maximum Gasteiger partial charge on any atom is 0.270 e. The quantitative estimate of drug-likeness (QED) is 0.602. The van der Waals surface area contributed by atoms with Crippen LogP contribution in [0.15, 0.2) is 28.8 Å².